The van der Waals surface area contributed by atoms with E-state index in [2.05, 4.69) is 31.1 Å². The highest BCUT2D eigenvalue weighted by Crippen LogP contribution is 2.13. The fourth-order valence-corrected chi connectivity index (χ4v) is 1.12. The van der Waals surface area contributed by atoms with E-state index in [4.69, 9.17) is 0 Å². The highest BCUT2D eigenvalue weighted by atomic mass is 79.9. The van der Waals surface area contributed by atoms with E-state index in [0.29, 0.717) is 0 Å². The van der Waals surface area contributed by atoms with Gasteiger partial charge in [0, 0.05) is 16.9 Å². The number of aromatic nitrogens is 3. The molecule has 0 bridgehead atoms. The van der Waals surface area contributed by atoms with Crippen molar-refractivity contribution in [1.82, 2.24) is 15.2 Å². The highest BCUT2D eigenvalue weighted by Gasteiger charge is 1.95. The van der Waals surface area contributed by atoms with Gasteiger partial charge in [-0.3, -0.25) is 10.1 Å². The van der Waals surface area contributed by atoms with Crippen LogP contribution in [0.2, 0.25) is 0 Å². The second-order valence-corrected chi connectivity index (χ2v) is 2.86. The molecule has 0 aromatic carbocycles. The Balaban J connectivity index is 2.86. The van der Waals surface area contributed by atoms with Crippen LogP contribution in [-0.4, -0.2) is 15.2 Å². The third-order valence-electron chi connectivity index (χ3n) is 1.25. The zero-order valence-electron chi connectivity index (χ0n) is 5.00. The van der Waals surface area contributed by atoms with Gasteiger partial charge in [0.05, 0.1) is 0 Å². The molecule has 2 aromatic rings. The number of nitrogens with one attached hydrogen (secondary N) is 1. The smallest absolute Gasteiger partial charge is 0.112 e. The van der Waals surface area contributed by atoms with Crippen LogP contribution < -0.4 is 0 Å². The summed E-state index contributed by atoms with van der Waals surface area (Å²) in [5, 5.41) is 6.69. The van der Waals surface area contributed by atoms with Gasteiger partial charge >= 0.3 is 0 Å². The van der Waals surface area contributed by atoms with Crippen LogP contribution in [0.5, 0.6) is 0 Å². The molecule has 0 radical (unpaired) electrons. The first-order valence-electron chi connectivity index (χ1n) is 2.81. The van der Waals surface area contributed by atoms with Crippen LogP contribution in [0.15, 0.2) is 22.9 Å². The van der Waals surface area contributed by atoms with E-state index in [1.807, 2.05) is 6.07 Å². The molecule has 0 unspecified atom stereocenters. The Hall–Kier alpha value is -0.900. The summed E-state index contributed by atoms with van der Waals surface area (Å²) in [5.41, 5.74) is 1.78. The van der Waals surface area contributed by atoms with Crippen molar-refractivity contribution in [2.45, 2.75) is 0 Å². The molecule has 0 amide bonds. The Morgan fingerprint density at radius 3 is 3.20 bits per heavy atom. The predicted octanol–water partition coefficient (Wildman–Crippen LogP) is 1.72. The van der Waals surface area contributed by atoms with E-state index in [-0.39, 0.29) is 0 Å². The number of fused-ring (bicyclic) bond motifs is 1. The zero-order chi connectivity index (χ0) is 6.97. The van der Waals surface area contributed by atoms with Gasteiger partial charge in [0.15, 0.2) is 0 Å². The SMILES string of the molecule is Brc1cnc2c[nH]nc2c1. The average molecular weight is 198 g/mol. The van der Waals surface area contributed by atoms with E-state index in [1.165, 1.54) is 0 Å². The predicted molar refractivity (Wildman–Crippen MR) is 41.6 cm³/mol. The van der Waals surface area contributed by atoms with Crippen molar-refractivity contribution in [3.63, 3.8) is 0 Å². The normalized spacial score (nSPS) is 10.5. The Bertz CT molecular complexity index is 355. The summed E-state index contributed by atoms with van der Waals surface area (Å²) in [6.45, 7) is 0. The number of pyridine rings is 1. The van der Waals surface area contributed by atoms with Gasteiger partial charge in [-0.05, 0) is 22.0 Å². The standard InChI is InChI=1S/C6H4BrN3/c7-4-1-5-6(8-2-4)3-9-10-5/h1-3H,(H,9,10). The van der Waals surface area contributed by atoms with Crippen molar-refractivity contribution >= 4 is 27.0 Å². The van der Waals surface area contributed by atoms with E-state index >= 15 is 0 Å². The molecule has 0 spiro atoms. The Morgan fingerprint density at radius 1 is 1.40 bits per heavy atom. The van der Waals surface area contributed by atoms with Crippen molar-refractivity contribution in [3.05, 3.63) is 22.9 Å². The molecule has 4 heteroatoms. The van der Waals surface area contributed by atoms with Crippen LogP contribution in [-0.2, 0) is 0 Å². The molecular formula is C6H4BrN3. The minimum absolute atomic E-state index is 0.884. The number of halogens is 1. The second-order valence-electron chi connectivity index (χ2n) is 1.94. The summed E-state index contributed by atoms with van der Waals surface area (Å²) < 4.78 is 0.951. The number of H-pyrrole nitrogens is 1. The maximum absolute atomic E-state index is 4.10. The van der Waals surface area contributed by atoms with Crippen LogP contribution in [0.4, 0.5) is 0 Å². The largest absolute Gasteiger partial charge is 0.283 e. The minimum atomic E-state index is 0.884. The lowest BCUT2D eigenvalue weighted by Crippen LogP contribution is -1.72. The van der Waals surface area contributed by atoms with Gasteiger partial charge < -0.3 is 0 Å². The molecule has 50 valence electrons. The molecule has 10 heavy (non-hydrogen) atoms. The molecule has 0 aliphatic rings. The quantitative estimate of drug-likeness (QED) is 0.700. The maximum atomic E-state index is 4.10. The van der Waals surface area contributed by atoms with Crippen molar-refractivity contribution in [1.29, 1.82) is 0 Å². The molecule has 0 saturated carbocycles. The first-order chi connectivity index (χ1) is 4.86. The highest BCUT2D eigenvalue weighted by molar-refractivity contribution is 9.10. The van der Waals surface area contributed by atoms with E-state index in [1.54, 1.807) is 12.4 Å². The van der Waals surface area contributed by atoms with Crippen molar-refractivity contribution in [2.24, 2.45) is 0 Å². The van der Waals surface area contributed by atoms with Crippen molar-refractivity contribution in [2.75, 3.05) is 0 Å². The van der Waals surface area contributed by atoms with Gasteiger partial charge in [0.25, 0.3) is 0 Å². The third kappa shape index (κ3) is 0.806. The number of aromatic amines is 1. The van der Waals surface area contributed by atoms with Crippen LogP contribution in [0.3, 0.4) is 0 Å². The van der Waals surface area contributed by atoms with E-state index in [9.17, 15) is 0 Å². The molecular weight excluding hydrogens is 194 g/mol. The molecule has 0 aliphatic heterocycles. The fourth-order valence-electron chi connectivity index (χ4n) is 0.803. The van der Waals surface area contributed by atoms with Crippen molar-refractivity contribution < 1.29 is 0 Å². The lowest BCUT2D eigenvalue weighted by molar-refractivity contribution is 1.12. The first-order valence-corrected chi connectivity index (χ1v) is 3.60. The fraction of sp³-hybridized carbons (Fsp3) is 0. The van der Waals surface area contributed by atoms with Crippen LogP contribution in [0.25, 0.3) is 11.0 Å². The summed E-state index contributed by atoms with van der Waals surface area (Å²) in [4.78, 5) is 4.10. The van der Waals surface area contributed by atoms with Crippen LogP contribution in [0, 0.1) is 0 Å². The molecule has 1 N–H and O–H groups in total. The summed E-state index contributed by atoms with van der Waals surface area (Å²) in [6, 6.07) is 1.92. The topological polar surface area (TPSA) is 41.6 Å². The summed E-state index contributed by atoms with van der Waals surface area (Å²) in [5.74, 6) is 0. The molecule has 0 aliphatic carbocycles. The third-order valence-corrected chi connectivity index (χ3v) is 1.68. The Morgan fingerprint density at radius 2 is 2.30 bits per heavy atom. The average Bonchev–Trinajstić information content (AvgIpc) is 2.33. The Labute approximate surface area is 65.6 Å². The van der Waals surface area contributed by atoms with Gasteiger partial charge in [0.2, 0.25) is 0 Å². The minimum Gasteiger partial charge on any atom is -0.283 e. The summed E-state index contributed by atoms with van der Waals surface area (Å²) in [7, 11) is 0. The van der Waals surface area contributed by atoms with E-state index in [0.717, 1.165) is 15.5 Å². The monoisotopic (exact) mass is 197 g/mol. The van der Waals surface area contributed by atoms with Gasteiger partial charge in [0.1, 0.15) is 11.0 Å². The molecule has 0 saturated heterocycles. The molecule has 2 aromatic heterocycles. The summed E-state index contributed by atoms with van der Waals surface area (Å²) in [6.07, 6.45) is 3.51. The second kappa shape index (κ2) is 2.05. The maximum Gasteiger partial charge on any atom is 0.112 e. The number of nitrogens with zero attached hydrogens (tertiary/aromatic N) is 2. The lowest BCUT2D eigenvalue weighted by Gasteiger charge is -1.86. The van der Waals surface area contributed by atoms with Gasteiger partial charge in [-0.25, -0.2) is 0 Å². The molecule has 2 rings (SSSR count). The van der Waals surface area contributed by atoms with Crippen LogP contribution in [0.1, 0.15) is 0 Å². The van der Waals surface area contributed by atoms with E-state index < -0.39 is 0 Å². The molecule has 0 fully saturated rings. The Kier molecular flexibility index (Phi) is 1.20. The number of hydrogen-bond donors (Lipinski definition) is 1. The van der Waals surface area contributed by atoms with Gasteiger partial charge in [-0.15, -0.1) is 0 Å². The first kappa shape index (κ1) is 5.85. The zero-order valence-corrected chi connectivity index (χ0v) is 6.59. The molecule has 0 atom stereocenters. The number of hydrogen-bond acceptors (Lipinski definition) is 2. The molecule has 3 nitrogen and oxygen atoms in total. The van der Waals surface area contributed by atoms with Crippen LogP contribution >= 0.6 is 15.9 Å². The number of rotatable bonds is 0. The van der Waals surface area contributed by atoms with Crippen molar-refractivity contribution in [3.8, 4) is 0 Å². The van der Waals surface area contributed by atoms with Gasteiger partial charge in [-0.1, -0.05) is 0 Å². The lowest BCUT2D eigenvalue weighted by atomic mass is 10.4. The van der Waals surface area contributed by atoms with Gasteiger partial charge in [-0.2, -0.15) is 5.10 Å². The molecule has 2 heterocycles. The summed E-state index contributed by atoms with van der Waals surface area (Å²) >= 11 is 3.30.